The quantitative estimate of drug-likeness (QED) is 0.0639. The predicted molar refractivity (Wildman–Crippen MR) is 433 cm³/mol. The fraction of sp³-hybridized carbons (Fsp3) is 0.377. The molecule has 102 heavy (non-hydrogen) atoms. The van der Waals surface area contributed by atoms with Crippen molar-refractivity contribution in [1.82, 2.24) is 28.7 Å². The molecule has 0 bridgehead atoms. The Bertz CT molecular complexity index is 4240. The summed E-state index contributed by atoms with van der Waals surface area (Å²) in [6.07, 6.45) is 9.89. The van der Waals surface area contributed by atoms with Crippen molar-refractivity contribution in [3.05, 3.63) is 277 Å². The number of halogens is 3. The molecule has 6 aromatic heterocycles. The van der Waals surface area contributed by atoms with Gasteiger partial charge in [-0.25, -0.2) is 0 Å². The Morgan fingerprint density at radius 3 is 0.824 bits per heavy atom. The molecule has 0 spiro atoms. The van der Waals surface area contributed by atoms with E-state index in [2.05, 4.69) is 150 Å². The molecule has 9 rings (SSSR count). The second-order valence-electron chi connectivity index (χ2n) is 29.9. The zero-order valence-electron chi connectivity index (χ0n) is 61.4. The highest BCUT2D eigenvalue weighted by molar-refractivity contribution is 6.76. The number of hydrogen-bond donors (Lipinski definition) is 5. The van der Waals surface area contributed by atoms with Gasteiger partial charge >= 0.3 is 0 Å². The van der Waals surface area contributed by atoms with Crippen LogP contribution in [0.2, 0.25) is 87.6 Å². The van der Waals surface area contributed by atoms with Gasteiger partial charge in [0.25, 0.3) is 66.6 Å². The number of rotatable bonds is 14. The lowest BCUT2D eigenvalue weighted by molar-refractivity contribution is 0.459. The maximum atomic E-state index is 12.7. The summed E-state index contributed by atoms with van der Waals surface area (Å²) in [6.45, 7) is 44.4. The minimum absolute atomic E-state index is 0. The largest absolute Gasteiger partial charge is 0.540 e. The van der Waals surface area contributed by atoms with Crippen molar-refractivity contribution < 1.29 is 27.9 Å². The summed E-state index contributed by atoms with van der Waals surface area (Å²) < 4.78 is 28.9. The van der Waals surface area contributed by atoms with E-state index < -0.39 is 44.4 Å². The first kappa shape index (κ1) is 90.0. The molecular weight excluding hydrogens is 1420 g/mol. The number of aromatic hydroxyl groups is 2. The Balaban J connectivity index is 0.000000424. The molecule has 0 aliphatic heterocycles. The summed E-state index contributed by atoms with van der Waals surface area (Å²) in [7, 11) is -7.85. The molecular formula is C77H109Cl3N6O12Si4. The SMILES string of the molecule is C.C.CC(C)(C)[Si](C)(C)Oc1ccc[nH]c1=O.CC(C)(C)[Si](C)(C)Oc1ccc[nH]c1=O.CC(C)(C)[Si](C)(C)Oc1cccn(Cc2ccc(Cl)cc2)c1=O.CC(C)(C)[Si](C)(C)Oc1cccn(Cc2ccc(Cl)cc2)c1=O.O=c1[nH]cccc1O.O=c1c(O)cccn1Cc1ccc(Cl)cc1. The van der Waals surface area contributed by atoms with E-state index in [-0.39, 0.29) is 68.7 Å². The number of nitrogens with zero attached hydrogens (tertiary/aromatic N) is 3. The normalized spacial score (nSPS) is 11.6. The van der Waals surface area contributed by atoms with E-state index >= 15 is 0 Å². The van der Waals surface area contributed by atoms with Crippen LogP contribution in [-0.4, -0.2) is 72.1 Å². The van der Waals surface area contributed by atoms with E-state index in [1.807, 2.05) is 72.8 Å². The van der Waals surface area contributed by atoms with E-state index in [9.17, 15) is 33.9 Å². The van der Waals surface area contributed by atoms with Crippen molar-refractivity contribution in [3.63, 3.8) is 0 Å². The summed E-state index contributed by atoms with van der Waals surface area (Å²) in [5, 5.41) is 20.2. The van der Waals surface area contributed by atoms with E-state index in [0.717, 1.165) is 16.7 Å². The van der Waals surface area contributed by atoms with Crippen LogP contribution in [0, 0.1) is 0 Å². The van der Waals surface area contributed by atoms with Crippen molar-refractivity contribution >= 4 is 68.1 Å². The topological polar surface area (TPSA) is 242 Å². The highest BCUT2D eigenvalue weighted by Crippen LogP contribution is 2.39. The smallest absolute Gasteiger partial charge is 0.292 e. The first-order valence-electron chi connectivity index (χ1n) is 32.6. The van der Waals surface area contributed by atoms with Gasteiger partial charge < -0.3 is 56.6 Å². The molecule has 6 heterocycles. The van der Waals surface area contributed by atoms with Crippen LogP contribution in [0.1, 0.15) is 115 Å². The average Bonchev–Trinajstić information content (AvgIpc) is 0.820. The molecule has 5 N–H and O–H groups in total. The summed E-state index contributed by atoms with van der Waals surface area (Å²) >= 11 is 17.6. The average molecular weight is 1530 g/mol. The van der Waals surface area contributed by atoms with Crippen molar-refractivity contribution in [2.24, 2.45) is 0 Å². The fourth-order valence-electron chi connectivity index (χ4n) is 7.54. The molecule has 0 saturated heterocycles. The van der Waals surface area contributed by atoms with Crippen LogP contribution in [0.3, 0.4) is 0 Å². The third-order valence-corrected chi connectivity index (χ3v) is 35.9. The Kier molecular flexibility index (Phi) is 33.9. The van der Waals surface area contributed by atoms with E-state index in [1.165, 1.54) is 22.9 Å². The van der Waals surface area contributed by atoms with Gasteiger partial charge in [0, 0.05) is 52.2 Å². The van der Waals surface area contributed by atoms with E-state index in [0.29, 0.717) is 57.7 Å². The van der Waals surface area contributed by atoms with Gasteiger partial charge in [0.1, 0.15) is 0 Å². The molecule has 3 aromatic carbocycles. The Morgan fingerprint density at radius 2 is 0.569 bits per heavy atom. The lowest BCUT2D eigenvalue weighted by atomic mass is 10.2. The monoisotopic (exact) mass is 1530 g/mol. The molecule has 556 valence electrons. The number of H-pyrrole nitrogens is 3. The first-order chi connectivity index (χ1) is 46.1. The second kappa shape index (κ2) is 38.4. The number of aromatic amines is 3. The maximum absolute atomic E-state index is 12.7. The molecule has 0 saturated carbocycles. The first-order valence-corrected chi connectivity index (χ1v) is 45.4. The summed E-state index contributed by atoms with van der Waals surface area (Å²) in [4.78, 5) is 77.7. The van der Waals surface area contributed by atoms with Crippen molar-refractivity contribution in [1.29, 1.82) is 0 Å². The number of aromatic nitrogens is 6. The van der Waals surface area contributed by atoms with Crippen LogP contribution in [-0.2, 0) is 19.6 Å². The molecule has 18 nitrogen and oxygen atoms in total. The van der Waals surface area contributed by atoms with Crippen LogP contribution in [0.15, 0.2) is 212 Å². The molecule has 0 radical (unpaired) electrons. The summed E-state index contributed by atoms with van der Waals surface area (Å²) in [5.74, 6) is 1.26. The minimum atomic E-state index is -2.03. The summed E-state index contributed by atoms with van der Waals surface area (Å²) in [6, 6.07) is 42.4. The van der Waals surface area contributed by atoms with Gasteiger partial charge in [-0.15, -0.1) is 0 Å². The third kappa shape index (κ3) is 27.9. The van der Waals surface area contributed by atoms with Crippen LogP contribution in [0.4, 0.5) is 0 Å². The van der Waals surface area contributed by atoms with Crippen LogP contribution in [0.5, 0.6) is 34.5 Å². The van der Waals surface area contributed by atoms with Crippen molar-refractivity contribution in [2.75, 3.05) is 0 Å². The van der Waals surface area contributed by atoms with Crippen LogP contribution < -0.4 is 51.1 Å². The van der Waals surface area contributed by atoms with Gasteiger partial charge in [0.15, 0.2) is 34.5 Å². The van der Waals surface area contributed by atoms with Crippen LogP contribution in [0.25, 0.3) is 0 Å². The molecule has 0 unspecified atom stereocenters. The van der Waals surface area contributed by atoms with Crippen LogP contribution >= 0.6 is 34.8 Å². The van der Waals surface area contributed by atoms with Crippen molar-refractivity contribution in [2.45, 2.75) is 190 Å². The van der Waals surface area contributed by atoms with Gasteiger partial charge in [-0.05, 0) is 198 Å². The zero-order chi connectivity index (χ0) is 75.4. The molecule has 0 amide bonds. The maximum Gasteiger partial charge on any atom is 0.292 e. The predicted octanol–water partition coefficient (Wildman–Crippen LogP) is 19.0. The Hall–Kier alpha value is -8.10. The number of benzene rings is 3. The van der Waals surface area contributed by atoms with E-state index in [4.69, 9.17) is 57.6 Å². The third-order valence-electron chi connectivity index (χ3n) is 17.8. The Morgan fingerprint density at radius 1 is 0.333 bits per heavy atom. The number of hydrogen-bond acceptors (Lipinski definition) is 12. The number of pyridine rings is 6. The number of nitrogens with one attached hydrogen (secondary N) is 3. The van der Waals surface area contributed by atoms with E-state index in [1.54, 1.807) is 101 Å². The molecule has 0 fully saturated rings. The lowest BCUT2D eigenvalue weighted by Gasteiger charge is -2.36. The molecule has 0 atom stereocenters. The Labute approximate surface area is 621 Å². The molecule has 9 aromatic rings. The van der Waals surface area contributed by atoms with Gasteiger partial charge in [0.05, 0.1) is 19.6 Å². The van der Waals surface area contributed by atoms with Gasteiger partial charge in [0.2, 0.25) is 0 Å². The fourth-order valence-corrected chi connectivity index (χ4v) is 12.0. The zero-order valence-corrected chi connectivity index (χ0v) is 67.7. The minimum Gasteiger partial charge on any atom is -0.540 e. The summed E-state index contributed by atoms with van der Waals surface area (Å²) in [5.41, 5.74) is 1.69. The highest BCUT2D eigenvalue weighted by atomic mass is 35.5. The lowest BCUT2D eigenvalue weighted by Crippen LogP contribution is -2.45. The van der Waals surface area contributed by atoms with Gasteiger partial charge in [-0.1, -0.05) is 169 Å². The van der Waals surface area contributed by atoms with Gasteiger partial charge in [-0.2, -0.15) is 0 Å². The highest BCUT2D eigenvalue weighted by Gasteiger charge is 2.42. The molecule has 0 aliphatic carbocycles. The van der Waals surface area contributed by atoms with Crippen molar-refractivity contribution in [3.8, 4) is 34.5 Å². The standard InChI is InChI=1S/2C18H24ClNO2Si.C12H10ClNO2.2C11H19NO2Si.C5H5NO2.2CH4/c2*1-18(2,3)23(4,5)22-16-7-6-12-20(17(16)21)13-14-8-10-15(19)11-9-14;13-10-5-3-9(4-6-10)8-14-7-1-2-11(15)12(14)16;2*1-11(2,3)15(4,5)14-9-7-6-8-12-10(9)13;7-4-2-1-3-6-5(4)8;;/h2*6-12H,13H2,1-5H3;1-7,15H,8H2;2*6-8H,1-5H3,(H,12,13);1-3,7H,(H,6,8);2*1H4. The second-order valence-corrected chi connectivity index (χ2v) is 50.1. The van der Waals surface area contributed by atoms with Gasteiger partial charge in [-0.3, -0.25) is 28.8 Å². The molecule has 25 heteroatoms. The molecule has 0 aliphatic rings.